The maximum Gasteiger partial charge on any atom is 0.279 e. The molecule has 2 aromatic carbocycles. The van der Waals surface area contributed by atoms with Crippen LogP contribution in [0.1, 0.15) is 23.2 Å². The number of nitrogens with zero attached hydrogens (tertiary/aromatic N) is 3. The number of likely N-dealkylation sites (tertiary alicyclic amines) is 1. The van der Waals surface area contributed by atoms with Crippen LogP contribution in [0.2, 0.25) is 5.02 Å². The molecule has 1 saturated heterocycles. The van der Waals surface area contributed by atoms with Gasteiger partial charge in [-0.25, -0.2) is 0 Å². The first-order valence-corrected chi connectivity index (χ1v) is 11.0. The summed E-state index contributed by atoms with van der Waals surface area (Å²) in [7, 11) is 1.64. The predicted molar refractivity (Wildman–Crippen MR) is 125 cm³/mol. The molecule has 0 bridgehead atoms. The first-order valence-electron chi connectivity index (χ1n) is 10.6. The number of fused-ring (bicyclic) bond motifs is 3. The van der Waals surface area contributed by atoms with Crippen LogP contribution in [0.4, 0.5) is 0 Å². The molecule has 5 rings (SSSR count). The van der Waals surface area contributed by atoms with Crippen LogP contribution in [0, 0.1) is 0 Å². The van der Waals surface area contributed by atoms with Crippen molar-refractivity contribution in [2.75, 3.05) is 20.3 Å². The summed E-state index contributed by atoms with van der Waals surface area (Å²) in [5.74, 6) is -0.131. The lowest BCUT2D eigenvalue weighted by Crippen LogP contribution is -2.39. The van der Waals surface area contributed by atoms with Crippen molar-refractivity contribution in [2.45, 2.75) is 18.9 Å². The van der Waals surface area contributed by atoms with Gasteiger partial charge in [0.2, 0.25) is 0 Å². The van der Waals surface area contributed by atoms with E-state index in [1.165, 1.54) is 4.52 Å². The van der Waals surface area contributed by atoms with Gasteiger partial charge in [-0.3, -0.25) is 9.59 Å². The average molecular weight is 448 g/mol. The molecule has 2 aromatic heterocycles. The Kier molecular flexibility index (Phi) is 5.41. The molecule has 0 radical (unpaired) electrons. The quantitative estimate of drug-likeness (QED) is 0.434. The molecule has 32 heavy (non-hydrogen) atoms. The number of rotatable bonds is 4. The van der Waals surface area contributed by atoms with Crippen LogP contribution in [0.5, 0.6) is 0 Å². The lowest BCUT2D eigenvalue weighted by Gasteiger charge is -2.25. The SMILES string of the molecule is COC[C@@H]1CCCN1C(=O)c1cc(-c2ccccc2)c(=O)n2ncc3ccc(Cl)cc3c12. The summed E-state index contributed by atoms with van der Waals surface area (Å²) in [4.78, 5) is 29.2. The normalized spacial score (nSPS) is 16.2. The second kappa shape index (κ2) is 8.37. The number of amides is 1. The third-order valence-electron chi connectivity index (χ3n) is 6.07. The number of pyridine rings is 1. The van der Waals surface area contributed by atoms with Gasteiger partial charge in [0.25, 0.3) is 11.5 Å². The zero-order valence-corrected chi connectivity index (χ0v) is 18.4. The van der Waals surface area contributed by atoms with Crippen LogP contribution >= 0.6 is 11.6 Å². The highest BCUT2D eigenvalue weighted by Gasteiger charge is 2.31. The first kappa shape index (κ1) is 20.7. The van der Waals surface area contributed by atoms with Gasteiger partial charge in [0, 0.05) is 35.0 Å². The first-order chi connectivity index (χ1) is 15.6. The van der Waals surface area contributed by atoms with E-state index in [0.717, 1.165) is 29.2 Å². The van der Waals surface area contributed by atoms with E-state index < -0.39 is 0 Å². The molecule has 3 heterocycles. The van der Waals surface area contributed by atoms with E-state index in [1.807, 2.05) is 41.3 Å². The number of aromatic nitrogens is 2. The lowest BCUT2D eigenvalue weighted by atomic mass is 10.0. The van der Waals surface area contributed by atoms with Gasteiger partial charge in [-0.15, -0.1) is 0 Å². The third kappa shape index (κ3) is 3.45. The average Bonchev–Trinajstić information content (AvgIpc) is 3.28. The highest BCUT2D eigenvalue weighted by atomic mass is 35.5. The Balaban J connectivity index is 1.82. The van der Waals surface area contributed by atoms with Crippen LogP contribution < -0.4 is 5.56 Å². The van der Waals surface area contributed by atoms with E-state index in [4.69, 9.17) is 16.3 Å². The van der Waals surface area contributed by atoms with Crippen molar-refractivity contribution in [3.63, 3.8) is 0 Å². The van der Waals surface area contributed by atoms with Gasteiger partial charge in [0.05, 0.1) is 29.9 Å². The molecule has 0 aliphatic carbocycles. The van der Waals surface area contributed by atoms with E-state index >= 15 is 0 Å². The Morgan fingerprint density at radius 2 is 2.00 bits per heavy atom. The summed E-state index contributed by atoms with van der Waals surface area (Å²) in [5, 5.41) is 6.47. The van der Waals surface area contributed by atoms with Crippen LogP contribution in [0.3, 0.4) is 0 Å². The van der Waals surface area contributed by atoms with Crippen molar-refractivity contribution in [2.24, 2.45) is 0 Å². The number of carbonyl (C=O) groups excluding carboxylic acids is 1. The van der Waals surface area contributed by atoms with E-state index in [0.29, 0.717) is 34.8 Å². The number of hydrogen-bond donors (Lipinski definition) is 0. The number of ether oxygens (including phenoxy) is 1. The minimum atomic E-state index is -0.278. The summed E-state index contributed by atoms with van der Waals surface area (Å²) >= 11 is 6.29. The van der Waals surface area contributed by atoms with Crippen molar-refractivity contribution < 1.29 is 9.53 Å². The van der Waals surface area contributed by atoms with E-state index in [-0.39, 0.29) is 17.5 Å². The maximum absolute atomic E-state index is 13.9. The maximum atomic E-state index is 13.9. The van der Waals surface area contributed by atoms with Gasteiger partial charge < -0.3 is 9.64 Å². The molecule has 6 nitrogen and oxygen atoms in total. The molecule has 7 heteroatoms. The van der Waals surface area contributed by atoms with Gasteiger partial charge in [0.15, 0.2) is 0 Å². The van der Waals surface area contributed by atoms with Gasteiger partial charge in [-0.1, -0.05) is 48.0 Å². The van der Waals surface area contributed by atoms with Crippen molar-refractivity contribution >= 4 is 33.8 Å². The fourth-order valence-corrected chi connectivity index (χ4v) is 4.72. The van der Waals surface area contributed by atoms with Gasteiger partial charge in [-0.2, -0.15) is 9.61 Å². The Labute approximate surface area is 190 Å². The van der Waals surface area contributed by atoms with Crippen LogP contribution in [0.25, 0.3) is 27.4 Å². The van der Waals surface area contributed by atoms with Gasteiger partial charge in [-0.05, 0) is 36.6 Å². The van der Waals surface area contributed by atoms with Crippen LogP contribution in [-0.2, 0) is 4.74 Å². The summed E-state index contributed by atoms with van der Waals surface area (Å²) in [6.45, 7) is 1.13. The molecule has 0 saturated carbocycles. The fraction of sp³-hybridized carbons (Fsp3) is 0.240. The number of halogens is 1. The minimum absolute atomic E-state index is 0.00572. The number of hydrogen-bond acceptors (Lipinski definition) is 4. The number of benzene rings is 2. The molecule has 1 aliphatic rings. The Morgan fingerprint density at radius 1 is 1.19 bits per heavy atom. The monoisotopic (exact) mass is 447 g/mol. The van der Waals surface area contributed by atoms with E-state index in [2.05, 4.69) is 5.10 Å². The van der Waals surface area contributed by atoms with Crippen molar-refractivity contribution in [3.05, 3.63) is 81.7 Å². The molecule has 1 fully saturated rings. The largest absolute Gasteiger partial charge is 0.383 e. The molecule has 162 valence electrons. The van der Waals surface area contributed by atoms with Crippen molar-refractivity contribution in [1.29, 1.82) is 0 Å². The molecular formula is C25H22ClN3O3. The van der Waals surface area contributed by atoms with Gasteiger partial charge in [0.1, 0.15) is 0 Å². The summed E-state index contributed by atoms with van der Waals surface area (Å²) < 4.78 is 6.68. The Morgan fingerprint density at radius 3 is 2.78 bits per heavy atom. The van der Waals surface area contributed by atoms with E-state index in [9.17, 15) is 9.59 Å². The minimum Gasteiger partial charge on any atom is -0.383 e. The second-order valence-electron chi connectivity index (χ2n) is 8.03. The molecule has 4 aromatic rings. The predicted octanol–water partition coefficient (Wildman–Crippen LogP) is 4.42. The topological polar surface area (TPSA) is 63.9 Å². The summed E-state index contributed by atoms with van der Waals surface area (Å²) in [6.07, 6.45) is 3.44. The number of methoxy groups -OCH3 is 1. The molecule has 0 spiro atoms. The zero-order valence-electron chi connectivity index (χ0n) is 17.6. The summed E-state index contributed by atoms with van der Waals surface area (Å²) in [5.41, 5.74) is 1.81. The molecule has 0 unspecified atom stereocenters. The van der Waals surface area contributed by atoms with Gasteiger partial charge >= 0.3 is 0 Å². The van der Waals surface area contributed by atoms with Crippen LogP contribution in [0.15, 0.2) is 65.6 Å². The fourth-order valence-electron chi connectivity index (χ4n) is 4.55. The third-order valence-corrected chi connectivity index (χ3v) is 6.31. The number of carbonyl (C=O) groups is 1. The molecule has 0 N–H and O–H groups in total. The van der Waals surface area contributed by atoms with E-state index in [1.54, 1.807) is 31.5 Å². The van der Waals surface area contributed by atoms with Crippen LogP contribution in [-0.4, -0.2) is 46.7 Å². The Bertz CT molecular complexity index is 1380. The molecule has 1 amide bonds. The Hall–Kier alpha value is -3.22. The van der Waals surface area contributed by atoms with Crippen molar-refractivity contribution in [3.8, 4) is 11.1 Å². The second-order valence-corrected chi connectivity index (χ2v) is 8.47. The molecule has 1 aliphatic heterocycles. The summed E-state index contributed by atoms with van der Waals surface area (Å²) in [6, 6.07) is 16.5. The van der Waals surface area contributed by atoms with Crippen molar-refractivity contribution in [1.82, 2.24) is 14.5 Å². The lowest BCUT2D eigenvalue weighted by molar-refractivity contribution is 0.0632. The molecular weight excluding hydrogens is 426 g/mol. The highest BCUT2D eigenvalue weighted by Crippen LogP contribution is 2.29. The smallest absolute Gasteiger partial charge is 0.279 e. The zero-order chi connectivity index (χ0) is 22.2. The standard InChI is InChI=1S/C25H22ClN3O3/c1-32-15-19-8-5-11-28(19)24(30)22-13-21(16-6-3-2-4-7-16)25(31)29-23(22)20-12-18(26)10-9-17(20)14-27-29/h2-4,6-7,9-10,12-14,19H,5,8,11,15H2,1H3/t19-/m0/s1. The molecule has 1 atom stereocenters. The highest BCUT2D eigenvalue weighted by molar-refractivity contribution is 6.31.